The average Bonchev–Trinajstić information content (AvgIpc) is 3.41. The number of likely N-dealkylation sites (tertiary alicyclic amines) is 1. The van der Waals surface area contributed by atoms with Crippen molar-refractivity contribution in [1.29, 1.82) is 0 Å². The Morgan fingerprint density at radius 1 is 1.00 bits per heavy atom. The Kier molecular flexibility index (Phi) is 4.86. The molecule has 3 fully saturated rings. The Morgan fingerprint density at radius 2 is 1.67 bits per heavy atom. The number of imide groups is 1. The van der Waals surface area contributed by atoms with Crippen LogP contribution in [0.4, 0.5) is 5.69 Å². The van der Waals surface area contributed by atoms with E-state index in [0.717, 1.165) is 24.8 Å². The van der Waals surface area contributed by atoms with E-state index in [2.05, 4.69) is 5.32 Å². The monoisotopic (exact) mass is 422 g/mol. The molecule has 2 aromatic rings. The second kappa shape index (κ2) is 7.55. The zero-order valence-corrected chi connectivity index (χ0v) is 17.2. The van der Waals surface area contributed by atoms with E-state index in [-0.39, 0.29) is 41.4 Å². The molecule has 0 radical (unpaired) electrons. The standard InChI is InChI=1S/C24H23ClN2O3/c25-17-7-4-8-18(13-17)26-22(28)19(11-14-5-2-1-3-6-14)27-23(29)20-15-9-10-16(12-15)21(20)24(27)30/h1-8,13,15-16,19-21H,9-12H2,(H,26,28)/t15-,16+,19-,20-,21-/m0/s1. The summed E-state index contributed by atoms with van der Waals surface area (Å²) < 4.78 is 0. The summed E-state index contributed by atoms with van der Waals surface area (Å²) in [6, 6.07) is 15.5. The van der Waals surface area contributed by atoms with Crippen LogP contribution in [0.25, 0.3) is 0 Å². The number of anilines is 1. The largest absolute Gasteiger partial charge is 0.324 e. The van der Waals surface area contributed by atoms with Crippen molar-refractivity contribution >= 4 is 35.0 Å². The number of fused-ring (bicyclic) bond motifs is 5. The molecule has 1 heterocycles. The van der Waals surface area contributed by atoms with Crippen LogP contribution in [0.3, 0.4) is 0 Å². The SMILES string of the molecule is O=C(Nc1cccc(Cl)c1)[C@H](Cc1ccccc1)N1C(=O)[C@H]2[C@@H]3CC[C@@H](C3)[C@@H]2C1=O. The van der Waals surface area contributed by atoms with Gasteiger partial charge in [0, 0.05) is 17.1 Å². The minimum absolute atomic E-state index is 0.167. The third kappa shape index (κ3) is 3.21. The molecule has 0 unspecified atom stereocenters. The number of halogens is 1. The summed E-state index contributed by atoms with van der Waals surface area (Å²) in [5.41, 5.74) is 1.45. The maximum Gasteiger partial charge on any atom is 0.248 e. The molecular formula is C24H23ClN2O3. The zero-order chi connectivity index (χ0) is 20.8. The highest BCUT2D eigenvalue weighted by molar-refractivity contribution is 6.30. The van der Waals surface area contributed by atoms with Crippen LogP contribution in [-0.2, 0) is 20.8 Å². The van der Waals surface area contributed by atoms with Crippen LogP contribution in [-0.4, -0.2) is 28.7 Å². The Balaban J connectivity index is 1.46. The van der Waals surface area contributed by atoms with Crippen LogP contribution < -0.4 is 5.32 Å². The fourth-order valence-corrected chi connectivity index (χ4v) is 5.86. The number of nitrogens with one attached hydrogen (secondary N) is 1. The van der Waals surface area contributed by atoms with Gasteiger partial charge in [0.2, 0.25) is 17.7 Å². The van der Waals surface area contributed by atoms with E-state index in [0.29, 0.717) is 17.1 Å². The average molecular weight is 423 g/mol. The third-order valence-electron chi connectivity index (χ3n) is 6.94. The van der Waals surface area contributed by atoms with Gasteiger partial charge in [0.05, 0.1) is 11.8 Å². The highest BCUT2D eigenvalue weighted by Gasteiger charge is 2.62. The minimum Gasteiger partial charge on any atom is -0.324 e. The summed E-state index contributed by atoms with van der Waals surface area (Å²) in [6.45, 7) is 0. The molecule has 6 heteroatoms. The summed E-state index contributed by atoms with van der Waals surface area (Å²) in [6.07, 6.45) is 3.28. The first-order chi connectivity index (χ1) is 14.5. The molecule has 2 saturated carbocycles. The van der Waals surface area contributed by atoms with Crippen molar-refractivity contribution in [2.24, 2.45) is 23.7 Å². The number of hydrogen-bond acceptors (Lipinski definition) is 3. The van der Waals surface area contributed by atoms with Crippen LogP contribution in [0.15, 0.2) is 54.6 Å². The van der Waals surface area contributed by atoms with Crippen LogP contribution >= 0.6 is 11.6 Å². The lowest BCUT2D eigenvalue weighted by molar-refractivity contribution is -0.147. The smallest absolute Gasteiger partial charge is 0.248 e. The van der Waals surface area contributed by atoms with Crippen molar-refractivity contribution in [2.45, 2.75) is 31.7 Å². The van der Waals surface area contributed by atoms with E-state index in [4.69, 9.17) is 11.6 Å². The maximum absolute atomic E-state index is 13.3. The number of nitrogens with zero attached hydrogens (tertiary/aromatic N) is 1. The van der Waals surface area contributed by atoms with E-state index < -0.39 is 6.04 Å². The van der Waals surface area contributed by atoms with Gasteiger partial charge in [-0.05, 0) is 54.9 Å². The lowest BCUT2D eigenvalue weighted by Crippen LogP contribution is -2.49. The zero-order valence-electron chi connectivity index (χ0n) is 16.5. The summed E-state index contributed by atoms with van der Waals surface area (Å²) in [5, 5.41) is 3.36. The molecule has 154 valence electrons. The maximum atomic E-state index is 13.3. The first kappa shape index (κ1) is 19.3. The fourth-order valence-electron chi connectivity index (χ4n) is 5.67. The van der Waals surface area contributed by atoms with E-state index in [9.17, 15) is 14.4 Å². The van der Waals surface area contributed by atoms with Gasteiger partial charge in [-0.15, -0.1) is 0 Å². The lowest BCUT2D eigenvalue weighted by atomic mass is 9.81. The molecule has 3 aliphatic rings. The quantitative estimate of drug-likeness (QED) is 0.742. The second-order valence-electron chi connectivity index (χ2n) is 8.64. The first-order valence-electron chi connectivity index (χ1n) is 10.5. The Labute approximate surface area is 180 Å². The van der Waals surface area contributed by atoms with Crippen LogP contribution in [0.5, 0.6) is 0 Å². The molecule has 5 rings (SSSR count). The van der Waals surface area contributed by atoms with Gasteiger partial charge in [0.1, 0.15) is 6.04 Å². The molecule has 2 aliphatic carbocycles. The first-order valence-corrected chi connectivity index (χ1v) is 10.9. The van der Waals surface area contributed by atoms with Crippen molar-refractivity contribution < 1.29 is 14.4 Å². The number of rotatable bonds is 5. The summed E-state index contributed by atoms with van der Waals surface area (Å²) in [7, 11) is 0. The van der Waals surface area contributed by atoms with Gasteiger partial charge in [0.25, 0.3) is 0 Å². The molecule has 3 amide bonds. The van der Waals surface area contributed by atoms with Gasteiger partial charge in [-0.2, -0.15) is 0 Å². The van der Waals surface area contributed by atoms with Gasteiger partial charge in [-0.25, -0.2) is 0 Å². The van der Waals surface area contributed by atoms with E-state index in [1.165, 1.54) is 4.90 Å². The lowest BCUT2D eigenvalue weighted by Gasteiger charge is -2.27. The second-order valence-corrected chi connectivity index (χ2v) is 9.07. The van der Waals surface area contributed by atoms with Crippen molar-refractivity contribution in [3.05, 3.63) is 65.2 Å². The molecule has 1 saturated heterocycles. The number of amides is 3. The number of benzene rings is 2. The molecular weight excluding hydrogens is 400 g/mol. The van der Waals surface area contributed by atoms with Crippen molar-refractivity contribution in [2.75, 3.05) is 5.32 Å². The van der Waals surface area contributed by atoms with Crippen molar-refractivity contribution in [3.8, 4) is 0 Å². The molecule has 30 heavy (non-hydrogen) atoms. The number of carbonyl (C=O) groups is 3. The summed E-state index contributed by atoms with van der Waals surface area (Å²) >= 11 is 6.04. The van der Waals surface area contributed by atoms with Gasteiger partial charge in [-0.1, -0.05) is 48.0 Å². The van der Waals surface area contributed by atoms with Crippen LogP contribution in [0.1, 0.15) is 24.8 Å². The van der Waals surface area contributed by atoms with E-state index in [1.807, 2.05) is 30.3 Å². The normalized spacial score (nSPS) is 28.0. The van der Waals surface area contributed by atoms with Crippen molar-refractivity contribution in [3.63, 3.8) is 0 Å². The molecule has 0 spiro atoms. The molecule has 2 aromatic carbocycles. The third-order valence-corrected chi connectivity index (χ3v) is 7.18. The Hall–Kier alpha value is -2.66. The fraction of sp³-hybridized carbons (Fsp3) is 0.375. The number of carbonyl (C=O) groups excluding carboxylic acids is 3. The molecule has 5 atom stereocenters. The Bertz CT molecular complexity index is 981. The van der Waals surface area contributed by atoms with Crippen LogP contribution in [0.2, 0.25) is 5.02 Å². The Morgan fingerprint density at radius 3 is 2.30 bits per heavy atom. The predicted molar refractivity (Wildman–Crippen MR) is 114 cm³/mol. The number of hydrogen-bond donors (Lipinski definition) is 1. The topological polar surface area (TPSA) is 66.5 Å². The van der Waals surface area contributed by atoms with Gasteiger partial charge in [0.15, 0.2) is 0 Å². The van der Waals surface area contributed by atoms with E-state index in [1.54, 1.807) is 24.3 Å². The predicted octanol–water partition coefficient (Wildman–Crippen LogP) is 3.92. The summed E-state index contributed by atoms with van der Waals surface area (Å²) in [5.74, 6) is -0.611. The van der Waals surface area contributed by atoms with Crippen LogP contribution in [0, 0.1) is 23.7 Å². The molecule has 1 aliphatic heterocycles. The van der Waals surface area contributed by atoms with Gasteiger partial charge >= 0.3 is 0 Å². The van der Waals surface area contributed by atoms with E-state index >= 15 is 0 Å². The molecule has 1 N–H and O–H groups in total. The summed E-state index contributed by atoms with van der Waals surface area (Å²) in [4.78, 5) is 41.2. The van der Waals surface area contributed by atoms with Gasteiger partial charge in [-0.3, -0.25) is 19.3 Å². The van der Waals surface area contributed by atoms with Crippen molar-refractivity contribution in [1.82, 2.24) is 4.90 Å². The minimum atomic E-state index is -0.878. The molecule has 5 nitrogen and oxygen atoms in total. The molecule has 2 bridgehead atoms. The highest BCUT2D eigenvalue weighted by atomic mass is 35.5. The molecule has 0 aromatic heterocycles. The van der Waals surface area contributed by atoms with Gasteiger partial charge < -0.3 is 5.32 Å². The highest BCUT2D eigenvalue weighted by Crippen LogP contribution is 2.56.